The van der Waals surface area contributed by atoms with Crippen LogP contribution in [0, 0.1) is 5.41 Å². The van der Waals surface area contributed by atoms with E-state index >= 15 is 0 Å². The predicted octanol–water partition coefficient (Wildman–Crippen LogP) is 2.29. The van der Waals surface area contributed by atoms with E-state index in [4.69, 9.17) is 0 Å². The molecular weight excluding hydrogens is 355 g/mol. The van der Waals surface area contributed by atoms with Crippen molar-refractivity contribution < 1.29 is 28.8 Å². The molecule has 0 saturated carbocycles. The van der Waals surface area contributed by atoms with Crippen LogP contribution in [0.1, 0.15) is 66.4 Å². The Balaban J connectivity index is 0.00000420. The molecule has 0 spiro atoms. The van der Waals surface area contributed by atoms with Crippen molar-refractivity contribution in [3.8, 4) is 17.1 Å². The summed E-state index contributed by atoms with van der Waals surface area (Å²) in [7, 11) is 0. The van der Waals surface area contributed by atoms with Crippen molar-refractivity contribution in [3.05, 3.63) is 48.2 Å². The molecular formula is C24H33LiN2O2. The molecule has 0 unspecified atom stereocenters. The summed E-state index contributed by atoms with van der Waals surface area (Å²) >= 11 is 0. The Morgan fingerprint density at radius 1 is 1.07 bits per heavy atom. The van der Waals surface area contributed by atoms with E-state index in [0.29, 0.717) is 5.56 Å². The maximum Gasteiger partial charge on any atom is 1.00 e. The van der Waals surface area contributed by atoms with Crippen molar-refractivity contribution in [2.75, 3.05) is 0 Å². The second-order valence-electron chi connectivity index (χ2n) is 8.31. The summed E-state index contributed by atoms with van der Waals surface area (Å²) in [6.45, 7) is 12.2. The Hall–Kier alpha value is -1.89. The molecule has 0 saturated heterocycles. The number of nitrogens with one attached hydrogen (secondary N) is 1. The summed E-state index contributed by atoms with van der Waals surface area (Å²) in [5.41, 5.74) is 1.76. The van der Waals surface area contributed by atoms with Crippen LogP contribution in [-0.4, -0.2) is 10.5 Å². The first-order valence-electron chi connectivity index (χ1n) is 10.2. The number of amides is 1. The second kappa shape index (κ2) is 10.2. The van der Waals surface area contributed by atoms with Gasteiger partial charge in [-0.2, -0.15) is 0 Å². The van der Waals surface area contributed by atoms with Gasteiger partial charge in [-0.1, -0.05) is 51.1 Å². The van der Waals surface area contributed by atoms with E-state index in [9.17, 15) is 9.90 Å². The Kier molecular flexibility index (Phi) is 8.87. The van der Waals surface area contributed by atoms with Gasteiger partial charge in [0.15, 0.2) is 0 Å². The van der Waals surface area contributed by atoms with Gasteiger partial charge in [-0.25, -0.2) is 0 Å². The van der Waals surface area contributed by atoms with Gasteiger partial charge in [0.1, 0.15) is 0 Å². The molecule has 1 heterocycles. The van der Waals surface area contributed by atoms with Crippen LogP contribution in [0.2, 0.25) is 0 Å². The Labute approximate surface area is 187 Å². The number of carbonyl (C=O) groups excluding carboxylic acids is 1. The fourth-order valence-electron chi connectivity index (χ4n) is 3.71. The quantitative estimate of drug-likeness (QED) is 0.740. The molecule has 0 atom stereocenters. The third-order valence-corrected chi connectivity index (χ3v) is 5.71. The van der Waals surface area contributed by atoms with E-state index in [1.165, 1.54) is 0 Å². The fourth-order valence-corrected chi connectivity index (χ4v) is 3.71. The van der Waals surface area contributed by atoms with Crippen molar-refractivity contribution in [1.82, 2.24) is 9.88 Å². The zero-order valence-electron chi connectivity index (χ0n) is 19.0. The molecule has 1 aromatic heterocycles. The molecule has 1 aromatic carbocycles. The molecule has 29 heavy (non-hydrogen) atoms. The molecule has 2 aromatic rings. The van der Waals surface area contributed by atoms with Crippen molar-refractivity contribution >= 4 is 12.0 Å². The Bertz CT molecular complexity index is 820. The first-order chi connectivity index (χ1) is 13.2. The fraction of sp³-hybridized carbons (Fsp3) is 0.458. The largest absolute Gasteiger partial charge is 1.00 e. The molecule has 0 aliphatic heterocycles. The van der Waals surface area contributed by atoms with Gasteiger partial charge in [-0.15, -0.1) is 0 Å². The second-order valence-corrected chi connectivity index (χ2v) is 8.31. The zero-order chi connectivity index (χ0) is 20.9. The molecule has 1 N–H and O–H groups in total. The Morgan fingerprint density at radius 2 is 1.62 bits per heavy atom. The minimum Gasteiger partial charge on any atom is -0.860 e. The minimum absolute atomic E-state index is 0. The van der Waals surface area contributed by atoms with Gasteiger partial charge in [0.2, 0.25) is 5.91 Å². The topological polar surface area (TPSA) is 57.1 Å². The molecule has 0 bridgehead atoms. The molecule has 0 aliphatic rings. The van der Waals surface area contributed by atoms with Crippen LogP contribution in [0.15, 0.2) is 42.6 Å². The van der Waals surface area contributed by atoms with Crippen molar-refractivity contribution in [2.45, 2.75) is 66.3 Å². The molecule has 5 heteroatoms. The summed E-state index contributed by atoms with van der Waals surface area (Å²) in [6, 6.07) is 11.8. The number of aromatic nitrogens is 1. The molecule has 2 rings (SSSR count). The monoisotopic (exact) mass is 388 g/mol. The summed E-state index contributed by atoms with van der Waals surface area (Å²) < 4.78 is 1.82. The van der Waals surface area contributed by atoms with Crippen molar-refractivity contribution in [3.63, 3.8) is 0 Å². The molecule has 152 valence electrons. The van der Waals surface area contributed by atoms with Crippen LogP contribution in [-0.2, 0) is 10.3 Å². The van der Waals surface area contributed by atoms with E-state index in [-0.39, 0.29) is 41.6 Å². The first kappa shape index (κ1) is 25.1. The SMILES string of the molecule is CCC(CC)(CC)C(=O)N/C=C\c1cc(-c2ccccc2)n(C(C)(C)C)c1[O-].[Li+]. The molecule has 0 fully saturated rings. The van der Waals surface area contributed by atoms with E-state index in [1.807, 2.05) is 82.5 Å². The Morgan fingerprint density at radius 3 is 2.10 bits per heavy atom. The van der Waals surface area contributed by atoms with Gasteiger partial charge in [0, 0.05) is 22.8 Å². The van der Waals surface area contributed by atoms with Crippen molar-refractivity contribution in [1.29, 1.82) is 0 Å². The van der Waals surface area contributed by atoms with Crippen LogP contribution in [0.3, 0.4) is 0 Å². The van der Waals surface area contributed by atoms with Gasteiger partial charge in [-0.05, 0) is 69.2 Å². The number of nitrogens with zero attached hydrogens (tertiary/aromatic N) is 1. The number of hydrogen-bond donors (Lipinski definition) is 1. The van der Waals surface area contributed by atoms with Crippen LogP contribution < -0.4 is 29.3 Å². The van der Waals surface area contributed by atoms with Gasteiger partial charge in [0.25, 0.3) is 0 Å². The number of hydrogen-bond acceptors (Lipinski definition) is 2. The van der Waals surface area contributed by atoms with Gasteiger partial charge in [0.05, 0.1) is 0 Å². The maximum atomic E-state index is 13.0. The van der Waals surface area contributed by atoms with Gasteiger partial charge in [-0.3, -0.25) is 4.79 Å². The van der Waals surface area contributed by atoms with E-state index in [1.54, 1.807) is 12.3 Å². The third-order valence-electron chi connectivity index (χ3n) is 5.71. The minimum atomic E-state index is -0.350. The summed E-state index contributed by atoms with van der Waals surface area (Å²) in [5, 5.41) is 15.9. The predicted molar refractivity (Wildman–Crippen MR) is 115 cm³/mol. The van der Waals surface area contributed by atoms with Gasteiger partial charge >= 0.3 is 18.9 Å². The molecule has 0 radical (unpaired) electrons. The van der Waals surface area contributed by atoms with Crippen LogP contribution in [0.5, 0.6) is 5.88 Å². The zero-order valence-corrected chi connectivity index (χ0v) is 19.0. The maximum absolute atomic E-state index is 13.0. The standard InChI is InChI=1S/C24H34N2O2.Li/c1-7-24(8-2,9-3)22(28)25-16-15-19-17-20(18-13-11-10-12-14-18)26(21(19)27)23(4,5)6;/h10-17,27H,7-9H2,1-6H3,(H,25,28);/q;+1/p-1/b16-15-;. The molecule has 1 amide bonds. The van der Waals surface area contributed by atoms with E-state index in [0.717, 1.165) is 30.5 Å². The van der Waals surface area contributed by atoms with Crippen LogP contribution in [0.4, 0.5) is 0 Å². The first-order valence-corrected chi connectivity index (χ1v) is 10.2. The van der Waals surface area contributed by atoms with E-state index in [2.05, 4.69) is 5.32 Å². The normalized spacial score (nSPS) is 12.1. The average molecular weight is 388 g/mol. The van der Waals surface area contributed by atoms with Crippen molar-refractivity contribution in [2.24, 2.45) is 5.41 Å². The van der Waals surface area contributed by atoms with Crippen LogP contribution >= 0.6 is 0 Å². The average Bonchev–Trinajstić information content (AvgIpc) is 3.01. The number of benzene rings is 1. The van der Waals surface area contributed by atoms with Crippen LogP contribution in [0.25, 0.3) is 17.3 Å². The summed E-state index contributed by atoms with van der Waals surface area (Å²) in [4.78, 5) is 12.6. The summed E-state index contributed by atoms with van der Waals surface area (Å²) in [5.74, 6) is -0.0353. The van der Waals surface area contributed by atoms with Gasteiger partial charge < -0.3 is 15.0 Å². The molecule has 0 aliphatic carbocycles. The third kappa shape index (κ3) is 5.38. The molecule has 4 nitrogen and oxygen atoms in total. The number of carbonyl (C=O) groups is 1. The van der Waals surface area contributed by atoms with E-state index < -0.39 is 0 Å². The summed E-state index contributed by atoms with van der Waals surface area (Å²) in [6.07, 6.45) is 5.71. The smallest absolute Gasteiger partial charge is 0.860 e. The number of rotatable bonds is 7.